The van der Waals surface area contributed by atoms with E-state index < -0.39 is 0 Å². The minimum Gasteiger partial charge on any atom is -0.459 e. The summed E-state index contributed by atoms with van der Waals surface area (Å²) in [7, 11) is 0. The van der Waals surface area contributed by atoms with Gasteiger partial charge in [0.1, 0.15) is 6.26 Å². The lowest BCUT2D eigenvalue weighted by Crippen LogP contribution is -2.52. The Morgan fingerprint density at radius 1 is 1.09 bits per heavy atom. The second-order valence-corrected chi connectivity index (χ2v) is 7.55. The van der Waals surface area contributed by atoms with Crippen molar-refractivity contribution >= 4 is 41.5 Å². The van der Waals surface area contributed by atoms with Gasteiger partial charge in [-0.3, -0.25) is 9.69 Å². The highest BCUT2D eigenvalue weighted by atomic mass is 127. The van der Waals surface area contributed by atoms with Crippen LogP contribution in [0.25, 0.3) is 0 Å². The van der Waals surface area contributed by atoms with E-state index in [1.807, 2.05) is 30.3 Å². The molecule has 0 unspecified atom stereocenters. The first-order valence-corrected chi connectivity index (χ1v) is 10.8. The normalized spacial score (nSPS) is 14.6. The van der Waals surface area contributed by atoms with Crippen molar-refractivity contribution in [1.82, 2.24) is 20.3 Å². The van der Waals surface area contributed by atoms with Crippen LogP contribution in [0.1, 0.15) is 28.7 Å². The summed E-state index contributed by atoms with van der Waals surface area (Å²) in [6, 6.07) is 12.9. The quantitative estimate of drug-likeness (QED) is 0.258. The number of benzene rings is 1. The van der Waals surface area contributed by atoms with Crippen LogP contribution >= 0.6 is 24.0 Å². The van der Waals surface area contributed by atoms with Crippen molar-refractivity contribution in [1.29, 1.82) is 0 Å². The van der Waals surface area contributed by atoms with Gasteiger partial charge in [0.15, 0.2) is 11.7 Å². The summed E-state index contributed by atoms with van der Waals surface area (Å²) in [4.78, 5) is 21.6. The molecule has 10 heteroatoms. The molecule has 2 aromatic heterocycles. The Balaban J connectivity index is 0.00000306. The summed E-state index contributed by atoms with van der Waals surface area (Å²) in [6.45, 7) is 7.96. The Morgan fingerprint density at radius 2 is 1.88 bits per heavy atom. The first kappa shape index (κ1) is 24.8. The van der Waals surface area contributed by atoms with Gasteiger partial charge in [-0.1, -0.05) is 17.3 Å². The fourth-order valence-electron chi connectivity index (χ4n) is 3.55. The minimum absolute atomic E-state index is 0. The summed E-state index contributed by atoms with van der Waals surface area (Å²) in [5, 5.41) is 10.2. The second-order valence-electron chi connectivity index (χ2n) is 7.55. The third-order valence-corrected chi connectivity index (χ3v) is 5.25. The number of anilines is 1. The molecule has 1 fully saturated rings. The van der Waals surface area contributed by atoms with E-state index in [0.717, 1.165) is 56.5 Å². The number of carbonyl (C=O) groups excluding carboxylic acids is 1. The van der Waals surface area contributed by atoms with Gasteiger partial charge in [0.25, 0.3) is 5.91 Å². The largest absolute Gasteiger partial charge is 0.459 e. The van der Waals surface area contributed by atoms with Gasteiger partial charge >= 0.3 is 0 Å². The third kappa shape index (κ3) is 7.06. The van der Waals surface area contributed by atoms with Crippen LogP contribution in [0.3, 0.4) is 0 Å². The highest BCUT2D eigenvalue weighted by molar-refractivity contribution is 14.0. The fourth-order valence-corrected chi connectivity index (χ4v) is 3.55. The van der Waals surface area contributed by atoms with Crippen LogP contribution in [0, 0.1) is 0 Å². The maximum absolute atomic E-state index is 12.1. The van der Waals surface area contributed by atoms with E-state index in [1.54, 1.807) is 18.4 Å². The molecule has 1 saturated heterocycles. The molecule has 1 aromatic carbocycles. The summed E-state index contributed by atoms with van der Waals surface area (Å²) in [5.41, 5.74) is 2.75. The number of hydrogen-bond acceptors (Lipinski definition) is 6. The minimum atomic E-state index is -0.266. The molecule has 3 aromatic rings. The van der Waals surface area contributed by atoms with Crippen molar-refractivity contribution in [3.05, 3.63) is 72.0 Å². The van der Waals surface area contributed by atoms with Crippen LogP contribution in [0.5, 0.6) is 0 Å². The van der Waals surface area contributed by atoms with Crippen LogP contribution in [0.4, 0.5) is 5.69 Å². The Bertz CT molecular complexity index is 998. The van der Waals surface area contributed by atoms with E-state index in [9.17, 15) is 4.79 Å². The monoisotopic (exact) mass is 564 g/mol. The van der Waals surface area contributed by atoms with Crippen molar-refractivity contribution < 1.29 is 13.7 Å². The van der Waals surface area contributed by atoms with E-state index >= 15 is 0 Å². The summed E-state index contributed by atoms with van der Waals surface area (Å²) in [6.07, 6.45) is 3.09. The fraction of sp³-hybridized carbons (Fsp3) is 0.348. The van der Waals surface area contributed by atoms with Crippen LogP contribution < -0.4 is 10.6 Å². The molecular formula is C23H29IN6O3. The van der Waals surface area contributed by atoms with Crippen LogP contribution in [-0.2, 0) is 13.1 Å². The van der Waals surface area contributed by atoms with Gasteiger partial charge in [-0.15, -0.1) is 24.0 Å². The number of rotatable bonds is 7. The average Bonchev–Trinajstić information content (AvgIpc) is 3.53. The molecular weight excluding hydrogens is 535 g/mol. The first-order valence-electron chi connectivity index (χ1n) is 10.8. The number of piperazine rings is 1. The molecule has 33 heavy (non-hydrogen) atoms. The topological polar surface area (TPSA) is 99.1 Å². The molecule has 3 heterocycles. The van der Waals surface area contributed by atoms with E-state index in [2.05, 4.69) is 32.5 Å². The lowest BCUT2D eigenvalue weighted by atomic mass is 10.2. The molecule has 2 N–H and O–H groups in total. The molecule has 4 rings (SSSR count). The standard InChI is InChI=1S/C23H28N6O3.HI/c1-2-24-23(29-12-10-28(11-13-29)17-20-9-15-32-27-20)25-16-18-5-7-19(8-6-18)26-22(30)21-4-3-14-31-21;/h3-9,14-15H,2,10-13,16-17H2,1H3,(H,24,25)(H,26,30);1H. The van der Waals surface area contributed by atoms with Gasteiger partial charge < -0.3 is 24.5 Å². The Hall–Kier alpha value is -2.86. The van der Waals surface area contributed by atoms with Crippen molar-refractivity contribution in [3.8, 4) is 0 Å². The summed E-state index contributed by atoms with van der Waals surface area (Å²) < 4.78 is 10.0. The number of nitrogens with zero attached hydrogens (tertiary/aromatic N) is 4. The number of aliphatic imine (C=N–C) groups is 1. The maximum Gasteiger partial charge on any atom is 0.291 e. The SMILES string of the molecule is CCNC(=NCc1ccc(NC(=O)c2ccco2)cc1)N1CCN(Cc2ccon2)CC1.I. The highest BCUT2D eigenvalue weighted by Gasteiger charge is 2.20. The van der Waals surface area contributed by atoms with Gasteiger partial charge in [-0.25, -0.2) is 4.99 Å². The summed E-state index contributed by atoms with van der Waals surface area (Å²) >= 11 is 0. The number of aromatic nitrogens is 1. The third-order valence-electron chi connectivity index (χ3n) is 5.25. The van der Waals surface area contributed by atoms with Crippen molar-refractivity contribution in [2.45, 2.75) is 20.0 Å². The zero-order valence-electron chi connectivity index (χ0n) is 18.6. The molecule has 176 valence electrons. The average molecular weight is 564 g/mol. The molecule has 9 nitrogen and oxygen atoms in total. The van der Waals surface area contributed by atoms with Gasteiger partial charge in [0.2, 0.25) is 0 Å². The highest BCUT2D eigenvalue weighted by Crippen LogP contribution is 2.13. The lowest BCUT2D eigenvalue weighted by molar-refractivity contribution is 0.0996. The van der Waals surface area contributed by atoms with Gasteiger partial charge in [-0.2, -0.15) is 0 Å². The molecule has 0 radical (unpaired) electrons. The predicted octanol–water partition coefficient (Wildman–Crippen LogP) is 3.42. The van der Waals surface area contributed by atoms with E-state index in [4.69, 9.17) is 13.9 Å². The molecule has 0 bridgehead atoms. The smallest absolute Gasteiger partial charge is 0.291 e. The zero-order chi connectivity index (χ0) is 22.2. The first-order chi connectivity index (χ1) is 15.7. The van der Waals surface area contributed by atoms with Gasteiger partial charge in [0.05, 0.1) is 18.5 Å². The Morgan fingerprint density at radius 3 is 2.52 bits per heavy atom. The number of furan rings is 1. The Kier molecular flexibility index (Phi) is 9.31. The van der Waals surface area contributed by atoms with Crippen molar-refractivity contribution in [3.63, 3.8) is 0 Å². The maximum atomic E-state index is 12.1. The lowest BCUT2D eigenvalue weighted by Gasteiger charge is -2.36. The second kappa shape index (κ2) is 12.4. The number of carbonyl (C=O) groups is 1. The zero-order valence-corrected chi connectivity index (χ0v) is 20.9. The summed E-state index contributed by atoms with van der Waals surface area (Å²) in [5.74, 6) is 0.941. The number of hydrogen-bond donors (Lipinski definition) is 2. The van der Waals surface area contributed by atoms with E-state index in [-0.39, 0.29) is 35.6 Å². The number of amides is 1. The molecule has 1 aliphatic rings. The number of nitrogens with one attached hydrogen (secondary N) is 2. The molecule has 0 atom stereocenters. The molecule has 0 aliphatic carbocycles. The molecule has 1 aliphatic heterocycles. The Labute approximate surface area is 210 Å². The van der Waals surface area contributed by atoms with E-state index in [0.29, 0.717) is 12.2 Å². The van der Waals surface area contributed by atoms with E-state index in [1.165, 1.54) is 6.26 Å². The van der Waals surface area contributed by atoms with Gasteiger partial charge in [0, 0.05) is 51.0 Å². The molecule has 1 amide bonds. The number of halogens is 1. The predicted molar refractivity (Wildman–Crippen MR) is 137 cm³/mol. The van der Waals surface area contributed by atoms with Crippen molar-refractivity contribution in [2.75, 3.05) is 38.0 Å². The van der Waals surface area contributed by atoms with Crippen LogP contribution in [-0.4, -0.2) is 59.5 Å². The molecule has 0 saturated carbocycles. The number of guanidine groups is 1. The van der Waals surface area contributed by atoms with Crippen LogP contribution in [0.15, 0.2) is 68.9 Å². The van der Waals surface area contributed by atoms with Gasteiger partial charge in [-0.05, 0) is 36.8 Å². The molecule has 0 spiro atoms. The van der Waals surface area contributed by atoms with Crippen LogP contribution in [0.2, 0.25) is 0 Å². The van der Waals surface area contributed by atoms with Crippen molar-refractivity contribution in [2.24, 2.45) is 4.99 Å².